The maximum atomic E-state index is 5.14. The third-order valence-electron chi connectivity index (χ3n) is 14.8. The Morgan fingerprint density at radius 1 is 0.288 bits per heavy atom. The molecular formula is C67H42N6. The van der Waals surface area contributed by atoms with E-state index in [2.05, 4.69) is 243 Å². The minimum Gasteiger partial charge on any atom is -0.309 e. The molecule has 6 heteroatoms. The molecule has 6 nitrogen and oxygen atoms in total. The number of para-hydroxylation sites is 4. The molecule has 0 aliphatic carbocycles. The molecule has 5 heterocycles. The van der Waals surface area contributed by atoms with Crippen LogP contribution in [-0.2, 0) is 0 Å². The van der Waals surface area contributed by atoms with Crippen LogP contribution in [0.3, 0.4) is 0 Å². The second-order valence-corrected chi connectivity index (χ2v) is 18.9. The summed E-state index contributed by atoms with van der Waals surface area (Å²) in [5, 5.41) is 9.63. The molecule has 0 bridgehead atoms. The SMILES string of the molecule is c1ccc(-n2c3ccccc3c3ccc4c(c5ccccc5n4-c4cnc(-c5cccc(-c6cc7c8ccccc8n(-c8ccc(-c9cccnc9)cc8)c7cc6-c6ccc7ccccc7c6)c5)nc4)c32)cc1. The molecule has 0 atom stereocenters. The van der Waals surface area contributed by atoms with E-state index in [0.29, 0.717) is 5.82 Å². The molecule has 0 aliphatic heterocycles. The van der Waals surface area contributed by atoms with Gasteiger partial charge < -0.3 is 13.7 Å². The molecule has 0 aliphatic rings. The standard InChI is InChI=1S/C67H42N6/c1-2-19-50(20-3-1)73-61-25-10-6-21-53(61)55-33-34-63-65(66(55)73)56-23-8-11-26-62(56)72(63)52-41-69-67(70-42-52)48-17-12-16-46(37-48)57-38-59-54-22-7-9-24-60(54)71(51-31-29-44(30-32-51)49-18-13-35-68-40-49)64(59)39-58(57)47-28-27-43-14-4-5-15-45(43)36-47/h1-42H. The van der Waals surface area contributed by atoms with Gasteiger partial charge in [0.15, 0.2) is 5.82 Å². The van der Waals surface area contributed by atoms with Crippen molar-refractivity contribution in [2.75, 3.05) is 0 Å². The lowest BCUT2D eigenvalue weighted by atomic mass is 9.91. The highest BCUT2D eigenvalue weighted by Gasteiger charge is 2.22. The number of aromatic nitrogens is 6. The van der Waals surface area contributed by atoms with Gasteiger partial charge in [-0.05, 0) is 123 Å². The molecule has 73 heavy (non-hydrogen) atoms. The Bertz CT molecular complexity index is 4640. The summed E-state index contributed by atoms with van der Waals surface area (Å²) < 4.78 is 7.13. The van der Waals surface area contributed by atoms with E-state index in [9.17, 15) is 0 Å². The van der Waals surface area contributed by atoms with E-state index >= 15 is 0 Å². The summed E-state index contributed by atoms with van der Waals surface area (Å²) >= 11 is 0. The van der Waals surface area contributed by atoms with E-state index in [4.69, 9.17) is 9.97 Å². The highest BCUT2D eigenvalue weighted by atomic mass is 15.0. The quantitative estimate of drug-likeness (QED) is 0.160. The van der Waals surface area contributed by atoms with Gasteiger partial charge in [0, 0.05) is 61.6 Å². The maximum absolute atomic E-state index is 5.14. The summed E-state index contributed by atoms with van der Waals surface area (Å²) in [4.78, 5) is 14.6. The van der Waals surface area contributed by atoms with Gasteiger partial charge in [0.2, 0.25) is 0 Å². The second-order valence-electron chi connectivity index (χ2n) is 18.9. The average Bonchev–Trinajstić information content (AvgIpc) is 4.11. The fraction of sp³-hybridized carbons (Fsp3) is 0. The van der Waals surface area contributed by atoms with Crippen LogP contribution in [0.1, 0.15) is 0 Å². The van der Waals surface area contributed by atoms with Crippen molar-refractivity contribution in [1.82, 2.24) is 28.7 Å². The predicted octanol–water partition coefficient (Wildman–Crippen LogP) is 17.0. The molecule has 0 saturated heterocycles. The third-order valence-corrected chi connectivity index (χ3v) is 14.8. The Labute approximate surface area is 420 Å². The lowest BCUT2D eigenvalue weighted by molar-refractivity contribution is 1.08. The number of nitrogens with zero attached hydrogens (tertiary/aromatic N) is 6. The number of hydrogen-bond donors (Lipinski definition) is 0. The molecule has 15 aromatic rings. The van der Waals surface area contributed by atoms with Crippen LogP contribution in [0.2, 0.25) is 0 Å². The molecular weight excluding hydrogens is 889 g/mol. The van der Waals surface area contributed by atoms with Gasteiger partial charge >= 0.3 is 0 Å². The van der Waals surface area contributed by atoms with E-state index in [1.54, 1.807) is 0 Å². The van der Waals surface area contributed by atoms with Crippen molar-refractivity contribution in [3.05, 3.63) is 255 Å². The Kier molecular flexibility index (Phi) is 9.16. The van der Waals surface area contributed by atoms with Crippen molar-refractivity contribution in [3.63, 3.8) is 0 Å². The smallest absolute Gasteiger partial charge is 0.159 e. The number of pyridine rings is 1. The molecule has 10 aromatic carbocycles. The van der Waals surface area contributed by atoms with Crippen LogP contribution < -0.4 is 0 Å². The molecule has 0 radical (unpaired) electrons. The molecule has 0 spiro atoms. The van der Waals surface area contributed by atoms with Crippen molar-refractivity contribution >= 4 is 76.2 Å². The maximum Gasteiger partial charge on any atom is 0.159 e. The van der Waals surface area contributed by atoms with Gasteiger partial charge in [-0.2, -0.15) is 0 Å². The van der Waals surface area contributed by atoms with Gasteiger partial charge in [-0.3, -0.25) is 4.98 Å². The lowest BCUT2D eigenvalue weighted by Crippen LogP contribution is -1.98. The molecule has 0 fully saturated rings. The van der Waals surface area contributed by atoms with E-state index in [1.807, 2.05) is 30.9 Å². The zero-order chi connectivity index (χ0) is 48.0. The molecule has 0 unspecified atom stereocenters. The zero-order valence-corrected chi connectivity index (χ0v) is 39.4. The molecule has 340 valence electrons. The third kappa shape index (κ3) is 6.47. The van der Waals surface area contributed by atoms with Gasteiger partial charge in [-0.15, -0.1) is 0 Å². The number of fused-ring (bicyclic) bond motifs is 11. The number of hydrogen-bond acceptors (Lipinski definition) is 3. The van der Waals surface area contributed by atoms with Crippen LogP contribution in [0.25, 0.3) is 138 Å². The topological polar surface area (TPSA) is 53.5 Å². The molecule has 15 rings (SSSR count). The first-order valence-corrected chi connectivity index (χ1v) is 24.7. The number of benzene rings is 10. The highest BCUT2D eigenvalue weighted by molar-refractivity contribution is 6.26. The fourth-order valence-corrected chi connectivity index (χ4v) is 11.5. The predicted molar refractivity (Wildman–Crippen MR) is 302 cm³/mol. The molecule has 0 amide bonds. The first-order chi connectivity index (χ1) is 36.2. The van der Waals surface area contributed by atoms with E-state index in [1.165, 1.54) is 54.1 Å². The normalized spacial score (nSPS) is 11.8. The van der Waals surface area contributed by atoms with Crippen molar-refractivity contribution < 1.29 is 0 Å². The monoisotopic (exact) mass is 930 g/mol. The van der Waals surface area contributed by atoms with Crippen molar-refractivity contribution in [2.45, 2.75) is 0 Å². The molecule has 0 N–H and O–H groups in total. The average molecular weight is 931 g/mol. The van der Waals surface area contributed by atoms with Gasteiger partial charge in [0.25, 0.3) is 0 Å². The lowest BCUT2D eigenvalue weighted by Gasteiger charge is -2.15. The Balaban J connectivity index is 0.877. The minimum atomic E-state index is 0.664. The fourth-order valence-electron chi connectivity index (χ4n) is 11.5. The Morgan fingerprint density at radius 2 is 0.890 bits per heavy atom. The van der Waals surface area contributed by atoms with Crippen LogP contribution >= 0.6 is 0 Å². The van der Waals surface area contributed by atoms with E-state index < -0.39 is 0 Å². The van der Waals surface area contributed by atoms with Crippen LogP contribution in [0.4, 0.5) is 0 Å². The zero-order valence-electron chi connectivity index (χ0n) is 39.4. The van der Waals surface area contributed by atoms with Crippen molar-refractivity contribution in [2.24, 2.45) is 0 Å². The largest absolute Gasteiger partial charge is 0.309 e. The first-order valence-electron chi connectivity index (χ1n) is 24.7. The van der Waals surface area contributed by atoms with Crippen LogP contribution in [-0.4, -0.2) is 28.7 Å². The van der Waals surface area contributed by atoms with Crippen LogP contribution in [0.15, 0.2) is 255 Å². The summed E-state index contributed by atoms with van der Waals surface area (Å²) in [5.74, 6) is 0.664. The summed E-state index contributed by atoms with van der Waals surface area (Å²) in [7, 11) is 0. The summed E-state index contributed by atoms with van der Waals surface area (Å²) in [6.07, 6.45) is 7.68. The molecule has 0 saturated carbocycles. The summed E-state index contributed by atoms with van der Waals surface area (Å²) in [6.45, 7) is 0. The van der Waals surface area contributed by atoms with Gasteiger partial charge in [-0.1, -0.05) is 152 Å². The first kappa shape index (κ1) is 40.9. The van der Waals surface area contributed by atoms with Crippen molar-refractivity contribution in [1.29, 1.82) is 0 Å². The van der Waals surface area contributed by atoms with Gasteiger partial charge in [0.1, 0.15) is 0 Å². The van der Waals surface area contributed by atoms with Gasteiger partial charge in [0.05, 0.1) is 51.2 Å². The summed E-state index contributed by atoms with van der Waals surface area (Å²) in [5.41, 5.74) is 17.7. The highest BCUT2D eigenvalue weighted by Crippen LogP contribution is 2.44. The van der Waals surface area contributed by atoms with Crippen molar-refractivity contribution in [3.8, 4) is 61.8 Å². The van der Waals surface area contributed by atoms with E-state index in [-0.39, 0.29) is 0 Å². The second kappa shape index (κ2) is 16.3. The van der Waals surface area contributed by atoms with Gasteiger partial charge in [-0.25, -0.2) is 9.97 Å². The van der Waals surface area contributed by atoms with E-state index in [0.717, 1.165) is 78.1 Å². The number of rotatable bonds is 7. The van der Waals surface area contributed by atoms with Crippen LogP contribution in [0, 0.1) is 0 Å². The Hall–Kier alpha value is -9.91. The Morgan fingerprint density at radius 3 is 1.67 bits per heavy atom. The minimum absolute atomic E-state index is 0.664. The molecule has 5 aromatic heterocycles. The summed E-state index contributed by atoms with van der Waals surface area (Å²) in [6, 6.07) is 83.2. The van der Waals surface area contributed by atoms with Crippen LogP contribution in [0.5, 0.6) is 0 Å².